The van der Waals surface area contributed by atoms with Crippen LogP contribution in [0.3, 0.4) is 0 Å². The minimum atomic E-state index is -0.592. The highest BCUT2D eigenvalue weighted by molar-refractivity contribution is 5.85. The van der Waals surface area contributed by atoms with Crippen molar-refractivity contribution in [2.75, 3.05) is 19.8 Å². The number of hydrogen-bond acceptors (Lipinski definition) is 8. The maximum atomic E-state index is 13.4. The number of ether oxygens (including phenoxy) is 3. The number of aromatic nitrogens is 3. The summed E-state index contributed by atoms with van der Waals surface area (Å²) in [6.45, 7) is 10.4. The molecule has 0 spiro atoms. The van der Waals surface area contributed by atoms with Gasteiger partial charge in [-0.2, -0.15) is 0 Å². The number of aromatic amines is 1. The van der Waals surface area contributed by atoms with Crippen LogP contribution in [0.25, 0.3) is 11.1 Å². The van der Waals surface area contributed by atoms with Gasteiger partial charge < -0.3 is 24.8 Å². The van der Waals surface area contributed by atoms with E-state index in [1.807, 2.05) is 82.3 Å². The Labute approximate surface area is 270 Å². The van der Waals surface area contributed by atoms with E-state index >= 15 is 0 Å². The first-order valence-electron chi connectivity index (χ1n) is 15.8. The third-order valence-corrected chi connectivity index (χ3v) is 7.91. The summed E-state index contributed by atoms with van der Waals surface area (Å²) in [6, 6.07) is 25.6. The van der Waals surface area contributed by atoms with Crippen molar-refractivity contribution < 1.29 is 23.8 Å². The molecular formula is C36H43N5O5. The summed E-state index contributed by atoms with van der Waals surface area (Å²) in [5.74, 6) is -0.190. The molecule has 10 heteroatoms. The Morgan fingerprint density at radius 3 is 2.17 bits per heavy atom. The molecule has 1 amide bonds. The van der Waals surface area contributed by atoms with Gasteiger partial charge in [0.15, 0.2) is 0 Å². The first-order chi connectivity index (χ1) is 22.1. The molecule has 3 N–H and O–H groups in total. The fraction of sp³-hybridized carbons (Fsp3) is 0.389. The number of rotatable bonds is 13. The minimum Gasteiger partial charge on any atom is -0.460 e. The van der Waals surface area contributed by atoms with E-state index in [2.05, 4.69) is 50.1 Å². The molecule has 3 atom stereocenters. The molecule has 0 unspecified atom stereocenters. The zero-order chi connectivity index (χ0) is 32.7. The molecule has 4 aromatic rings. The Bertz CT molecular complexity index is 1570. The Morgan fingerprint density at radius 1 is 0.913 bits per heavy atom. The van der Waals surface area contributed by atoms with Gasteiger partial charge in [0.05, 0.1) is 30.4 Å². The molecule has 46 heavy (non-hydrogen) atoms. The molecule has 0 aliphatic heterocycles. The van der Waals surface area contributed by atoms with Crippen molar-refractivity contribution in [2.24, 2.45) is 0 Å². The lowest BCUT2D eigenvalue weighted by atomic mass is 9.98. The van der Waals surface area contributed by atoms with Gasteiger partial charge in [-0.3, -0.25) is 5.10 Å². The number of carbonyl (C=O) groups excluding carboxylic acids is 2. The Balaban J connectivity index is 1.30. The van der Waals surface area contributed by atoms with Gasteiger partial charge in [-0.25, -0.2) is 14.6 Å². The number of esters is 1. The Morgan fingerprint density at radius 2 is 1.54 bits per heavy atom. The maximum absolute atomic E-state index is 13.4. The summed E-state index contributed by atoms with van der Waals surface area (Å²) in [6.07, 6.45) is -0.332. The molecule has 3 aromatic carbocycles. The second kappa shape index (κ2) is 14.7. The second-order valence-corrected chi connectivity index (χ2v) is 12.4. The molecule has 0 radical (unpaired) electrons. The van der Waals surface area contributed by atoms with Crippen molar-refractivity contribution in [3.63, 3.8) is 0 Å². The number of amides is 1. The van der Waals surface area contributed by atoms with Gasteiger partial charge in [0.2, 0.25) is 0 Å². The smallest absolute Gasteiger partial charge is 0.407 e. The van der Waals surface area contributed by atoms with Gasteiger partial charge in [0.25, 0.3) is 5.82 Å². The van der Waals surface area contributed by atoms with Gasteiger partial charge in [0.1, 0.15) is 12.4 Å². The van der Waals surface area contributed by atoms with Crippen LogP contribution in [0.5, 0.6) is 0 Å². The topological polar surface area (TPSA) is 127 Å². The van der Waals surface area contributed by atoms with E-state index in [9.17, 15) is 9.59 Å². The average molecular weight is 626 g/mol. The second-order valence-electron chi connectivity index (χ2n) is 12.4. The first-order valence-corrected chi connectivity index (χ1v) is 15.8. The number of benzene rings is 3. The van der Waals surface area contributed by atoms with Crippen LogP contribution in [0.15, 0.2) is 78.9 Å². The van der Waals surface area contributed by atoms with E-state index in [-0.39, 0.29) is 37.1 Å². The van der Waals surface area contributed by atoms with Crippen LogP contribution in [-0.4, -0.2) is 64.7 Å². The molecule has 0 saturated carbocycles. The largest absolute Gasteiger partial charge is 0.460 e. The zero-order valence-corrected chi connectivity index (χ0v) is 27.1. The van der Waals surface area contributed by atoms with E-state index < -0.39 is 23.7 Å². The van der Waals surface area contributed by atoms with Crippen LogP contribution in [0.1, 0.15) is 79.7 Å². The van der Waals surface area contributed by atoms with Crippen LogP contribution in [0.4, 0.5) is 4.79 Å². The third kappa shape index (κ3) is 8.18. The summed E-state index contributed by atoms with van der Waals surface area (Å²) in [4.78, 5) is 30.1. The van der Waals surface area contributed by atoms with E-state index in [0.717, 1.165) is 16.7 Å². The predicted octanol–water partition coefficient (Wildman–Crippen LogP) is 5.97. The van der Waals surface area contributed by atoms with Crippen molar-refractivity contribution in [3.8, 4) is 11.1 Å². The first kappa shape index (κ1) is 32.8. The number of alkyl carbamates (subject to hydrolysis) is 1. The number of nitrogens with zero attached hydrogens (tertiary/aromatic N) is 2. The lowest BCUT2D eigenvalue weighted by molar-refractivity contribution is -0.0657. The van der Waals surface area contributed by atoms with E-state index in [0.29, 0.717) is 18.8 Å². The van der Waals surface area contributed by atoms with E-state index in [1.165, 1.54) is 11.1 Å². The molecule has 10 nitrogen and oxygen atoms in total. The number of H-pyrrole nitrogens is 1. The number of nitrogens with one attached hydrogen (secondary N) is 3. The van der Waals surface area contributed by atoms with Crippen LogP contribution < -0.4 is 10.6 Å². The lowest BCUT2D eigenvalue weighted by Gasteiger charge is -2.32. The minimum absolute atomic E-state index is 0.0329. The summed E-state index contributed by atoms with van der Waals surface area (Å²) in [5, 5.41) is 13.6. The quantitative estimate of drug-likeness (QED) is 0.155. The van der Waals surface area contributed by atoms with E-state index in [1.54, 1.807) is 6.92 Å². The molecule has 0 bridgehead atoms. The zero-order valence-electron chi connectivity index (χ0n) is 27.1. The van der Waals surface area contributed by atoms with Gasteiger partial charge in [-0.05, 0) is 68.9 Å². The molecule has 1 aliphatic rings. The summed E-state index contributed by atoms with van der Waals surface area (Å²) < 4.78 is 17.2. The van der Waals surface area contributed by atoms with Crippen molar-refractivity contribution in [1.29, 1.82) is 0 Å². The SMILES string of the molecule is CCOC(=O)c1n[nH]c([C@H](Cc2ccccc2)NC[C@H](NC(=O)OCC2c3ccccc3-c3ccccc32)[C@@H](C)OC(C)(C)C)n1. The van der Waals surface area contributed by atoms with Gasteiger partial charge in [-0.15, -0.1) is 5.10 Å². The molecule has 0 fully saturated rings. The normalized spacial score (nSPS) is 14.5. The van der Waals surface area contributed by atoms with Crippen molar-refractivity contribution in [3.05, 3.63) is 107 Å². The van der Waals surface area contributed by atoms with Crippen LogP contribution in [0, 0.1) is 0 Å². The standard InChI is InChI=1S/C36H43N5O5/c1-6-44-34(42)33-39-32(40-41-33)30(20-24-14-8-7-9-15-24)37-21-31(23(2)46-36(3,4)5)38-35(43)45-22-29-27-18-12-10-16-25(27)26-17-11-13-19-28(26)29/h7-19,23,29-31,37H,6,20-22H2,1-5H3,(H,38,43)(H,39,40,41)/t23-,30+,31+/m1/s1. The van der Waals surface area contributed by atoms with Crippen LogP contribution >= 0.6 is 0 Å². The fourth-order valence-corrected chi connectivity index (χ4v) is 5.87. The summed E-state index contributed by atoms with van der Waals surface area (Å²) >= 11 is 0. The van der Waals surface area contributed by atoms with Crippen molar-refractivity contribution in [2.45, 2.75) is 70.7 Å². The average Bonchev–Trinajstić information content (AvgIpc) is 3.65. The molecule has 1 heterocycles. The number of fused-ring (bicyclic) bond motifs is 3. The third-order valence-electron chi connectivity index (χ3n) is 7.91. The maximum Gasteiger partial charge on any atom is 0.407 e. The molecule has 1 aromatic heterocycles. The Hall–Kier alpha value is -4.54. The number of carbonyl (C=O) groups is 2. The van der Waals surface area contributed by atoms with Gasteiger partial charge >= 0.3 is 12.1 Å². The summed E-state index contributed by atoms with van der Waals surface area (Å²) in [5.41, 5.74) is 5.26. The van der Waals surface area contributed by atoms with Crippen LogP contribution in [0.2, 0.25) is 0 Å². The van der Waals surface area contributed by atoms with Crippen molar-refractivity contribution >= 4 is 12.1 Å². The molecule has 0 saturated heterocycles. The monoisotopic (exact) mass is 625 g/mol. The Kier molecular flexibility index (Phi) is 10.5. The predicted molar refractivity (Wildman–Crippen MR) is 176 cm³/mol. The highest BCUT2D eigenvalue weighted by Gasteiger charge is 2.31. The van der Waals surface area contributed by atoms with E-state index in [4.69, 9.17) is 14.2 Å². The highest BCUT2D eigenvalue weighted by Crippen LogP contribution is 2.44. The molecule has 5 rings (SSSR count). The van der Waals surface area contributed by atoms with Gasteiger partial charge in [-0.1, -0.05) is 78.9 Å². The number of hydrogen-bond donors (Lipinski definition) is 3. The van der Waals surface area contributed by atoms with Crippen molar-refractivity contribution in [1.82, 2.24) is 25.8 Å². The molecular weight excluding hydrogens is 582 g/mol. The molecule has 1 aliphatic carbocycles. The lowest BCUT2D eigenvalue weighted by Crippen LogP contribution is -2.51. The van der Waals surface area contributed by atoms with Gasteiger partial charge in [0, 0.05) is 12.5 Å². The fourth-order valence-electron chi connectivity index (χ4n) is 5.87. The van der Waals surface area contributed by atoms with Crippen LogP contribution in [-0.2, 0) is 20.6 Å². The molecule has 242 valence electrons. The highest BCUT2D eigenvalue weighted by atomic mass is 16.6. The summed E-state index contributed by atoms with van der Waals surface area (Å²) in [7, 11) is 0.